The van der Waals surface area contributed by atoms with Gasteiger partial charge in [0.1, 0.15) is 11.3 Å². The van der Waals surface area contributed by atoms with E-state index in [1.165, 1.54) is 6.20 Å². The summed E-state index contributed by atoms with van der Waals surface area (Å²) in [7, 11) is 0. The van der Waals surface area contributed by atoms with E-state index in [-0.39, 0.29) is 17.9 Å². The summed E-state index contributed by atoms with van der Waals surface area (Å²) in [4.78, 5) is 29.1. The van der Waals surface area contributed by atoms with Gasteiger partial charge in [0.2, 0.25) is 5.43 Å². The van der Waals surface area contributed by atoms with Crippen LogP contribution in [0, 0.1) is 0 Å². The van der Waals surface area contributed by atoms with Gasteiger partial charge in [-0.15, -0.1) is 0 Å². The zero-order chi connectivity index (χ0) is 19.2. The van der Waals surface area contributed by atoms with E-state index in [4.69, 9.17) is 9.47 Å². The zero-order valence-corrected chi connectivity index (χ0v) is 15.3. The number of imidazole rings is 1. The van der Waals surface area contributed by atoms with Gasteiger partial charge < -0.3 is 18.6 Å². The molecule has 0 radical (unpaired) electrons. The van der Waals surface area contributed by atoms with Crippen molar-refractivity contribution in [3.8, 4) is 11.5 Å². The van der Waals surface area contributed by atoms with Gasteiger partial charge in [0.15, 0.2) is 5.75 Å². The maximum absolute atomic E-state index is 12.7. The molecule has 0 N–H and O–H groups in total. The van der Waals surface area contributed by atoms with Gasteiger partial charge >= 0.3 is 5.97 Å². The predicted molar refractivity (Wildman–Crippen MR) is 100 cm³/mol. The van der Waals surface area contributed by atoms with Crippen LogP contribution >= 0.6 is 0 Å². The van der Waals surface area contributed by atoms with E-state index >= 15 is 0 Å². The Hall–Kier alpha value is -3.35. The minimum Gasteiger partial charge on any atom is -0.462 e. The van der Waals surface area contributed by atoms with Crippen LogP contribution in [-0.4, -0.2) is 26.7 Å². The van der Waals surface area contributed by atoms with Crippen LogP contribution in [0.25, 0.3) is 0 Å². The molecule has 0 bridgehead atoms. The molecule has 0 unspecified atom stereocenters. The second kappa shape index (κ2) is 8.35. The van der Waals surface area contributed by atoms with Gasteiger partial charge in [0.05, 0.1) is 31.4 Å². The van der Waals surface area contributed by atoms with Crippen LogP contribution in [-0.2, 0) is 17.8 Å². The Kier molecular flexibility index (Phi) is 5.71. The minimum atomic E-state index is -0.668. The van der Waals surface area contributed by atoms with Crippen LogP contribution in [0.4, 0.5) is 0 Å². The average molecular weight is 367 g/mol. The fourth-order valence-electron chi connectivity index (χ4n) is 2.69. The Labute approximate surface area is 156 Å². The average Bonchev–Trinajstić information content (AvgIpc) is 3.12. The van der Waals surface area contributed by atoms with Crippen LogP contribution in [0.5, 0.6) is 11.5 Å². The molecule has 140 valence electrons. The number of pyridine rings is 1. The van der Waals surface area contributed by atoms with Crippen molar-refractivity contribution >= 4 is 5.97 Å². The molecule has 0 aliphatic carbocycles. The third-order valence-electron chi connectivity index (χ3n) is 4.00. The van der Waals surface area contributed by atoms with Crippen molar-refractivity contribution < 1.29 is 14.3 Å². The first-order valence-electron chi connectivity index (χ1n) is 8.75. The lowest BCUT2D eigenvalue weighted by molar-refractivity contribution is 0.0523. The van der Waals surface area contributed by atoms with Gasteiger partial charge in [-0.1, -0.05) is 18.2 Å². The maximum Gasteiger partial charge on any atom is 0.343 e. The first-order valence-corrected chi connectivity index (χ1v) is 8.75. The van der Waals surface area contributed by atoms with Gasteiger partial charge in [-0.05, 0) is 26.0 Å². The number of aromatic nitrogens is 3. The van der Waals surface area contributed by atoms with Crippen molar-refractivity contribution in [1.82, 2.24) is 14.1 Å². The lowest BCUT2D eigenvalue weighted by Crippen LogP contribution is -2.21. The van der Waals surface area contributed by atoms with Gasteiger partial charge in [-0.25, -0.2) is 9.78 Å². The van der Waals surface area contributed by atoms with Crippen LogP contribution in [0.1, 0.15) is 29.9 Å². The number of para-hydroxylation sites is 1. The number of aryl methyl sites for hydroxylation is 1. The normalized spacial score (nSPS) is 10.6. The van der Waals surface area contributed by atoms with Crippen molar-refractivity contribution in [2.24, 2.45) is 0 Å². The first-order chi connectivity index (χ1) is 13.1. The molecule has 7 nitrogen and oxygen atoms in total. The van der Waals surface area contributed by atoms with E-state index in [0.717, 1.165) is 12.2 Å². The quantitative estimate of drug-likeness (QED) is 0.600. The number of carbonyl (C=O) groups excluding carboxylic acids is 1. The highest BCUT2D eigenvalue weighted by molar-refractivity contribution is 5.89. The number of rotatable bonds is 7. The number of carbonyl (C=O) groups is 1. The van der Waals surface area contributed by atoms with Gasteiger partial charge in [0.25, 0.3) is 0 Å². The number of nitrogens with zero attached hydrogens (tertiary/aromatic N) is 3. The van der Waals surface area contributed by atoms with Crippen LogP contribution in [0.15, 0.2) is 60.0 Å². The van der Waals surface area contributed by atoms with Crippen molar-refractivity contribution in [2.45, 2.75) is 26.9 Å². The number of esters is 1. The maximum atomic E-state index is 12.7. The molecule has 0 saturated heterocycles. The van der Waals surface area contributed by atoms with E-state index in [9.17, 15) is 9.59 Å². The molecule has 0 aliphatic rings. The molecule has 0 amide bonds. The predicted octanol–water partition coefficient (Wildman–Crippen LogP) is 3.08. The van der Waals surface area contributed by atoms with Crippen molar-refractivity contribution in [3.05, 3.63) is 76.7 Å². The Balaban J connectivity index is 2.02. The summed E-state index contributed by atoms with van der Waals surface area (Å²) in [5.41, 5.74) is 0.381. The molecule has 0 aliphatic heterocycles. The van der Waals surface area contributed by atoms with Crippen LogP contribution < -0.4 is 10.2 Å². The molecular formula is C20H21N3O4. The summed E-state index contributed by atoms with van der Waals surface area (Å²) < 4.78 is 14.5. The summed E-state index contributed by atoms with van der Waals surface area (Å²) >= 11 is 0. The molecule has 3 rings (SSSR count). The summed E-state index contributed by atoms with van der Waals surface area (Å²) in [6.07, 6.45) is 6.57. The lowest BCUT2D eigenvalue weighted by Gasteiger charge is -2.13. The van der Waals surface area contributed by atoms with Gasteiger partial charge in [-0.2, -0.15) is 0 Å². The second-order valence-corrected chi connectivity index (χ2v) is 5.84. The molecule has 1 aromatic carbocycles. The topological polar surface area (TPSA) is 75.3 Å². The van der Waals surface area contributed by atoms with Crippen molar-refractivity contribution in [3.63, 3.8) is 0 Å². The highest BCUT2D eigenvalue weighted by atomic mass is 16.5. The SMILES string of the molecule is CCOC(=O)c1cn(Cc2cncn2CC)cc(Oc2ccccc2)c1=O. The van der Waals surface area contributed by atoms with E-state index in [2.05, 4.69) is 4.98 Å². The second-order valence-electron chi connectivity index (χ2n) is 5.84. The van der Waals surface area contributed by atoms with E-state index < -0.39 is 11.4 Å². The number of ether oxygens (including phenoxy) is 2. The van der Waals surface area contributed by atoms with E-state index in [1.807, 2.05) is 29.7 Å². The fraction of sp³-hybridized carbons (Fsp3) is 0.250. The molecule has 2 aromatic heterocycles. The van der Waals surface area contributed by atoms with Gasteiger partial charge in [-0.3, -0.25) is 4.79 Å². The largest absolute Gasteiger partial charge is 0.462 e. The summed E-state index contributed by atoms with van der Waals surface area (Å²) in [5, 5.41) is 0. The van der Waals surface area contributed by atoms with Gasteiger partial charge in [0, 0.05) is 18.9 Å². The molecular weight excluding hydrogens is 346 g/mol. The van der Waals surface area contributed by atoms with E-state index in [1.54, 1.807) is 42.3 Å². The zero-order valence-electron chi connectivity index (χ0n) is 15.3. The number of hydrogen-bond acceptors (Lipinski definition) is 5. The fourth-order valence-corrected chi connectivity index (χ4v) is 2.69. The summed E-state index contributed by atoms with van der Waals surface area (Å²) in [6.45, 7) is 5.11. The first kappa shape index (κ1) is 18.4. The highest BCUT2D eigenvalue weighted by Crippen LogP contribution is 2.19. The molecule has 2 heterocycles. The summed E-state index contributed by atoms with van der Waals surface area (Å²) in [5.74, 6) is -0.0890. The van der Waals surface area contributed by atoms with E-state index in [0.29, 0.717) is 12.3 Å². The van der Waals surface area contributed by atoms with Crippen molar-refractivity contribution in [1.29, 1.82) is 0 Å². The van der Waals surface area contributed by atoms with Crippen molar-refractivity contribution in [2.75, 3.05) is 6.61 Å². The lowest BCUT2D eigenvalue weighted by atomic mass is 10.2. The Morgan fingerprint density at radius 1 is 1.15 bits per heavy atom. The molecule has 7 heteroatoms. The Morgan fingerprint density at radius 3 is 2.63 bits per heavy atom. The Bertz CT molecular complexity index is 976. The molecule has 27 heavy (non-hydrogen) atoms. The third-order valence-corrected chi connectivity index (χ3v) is 4.00. The third kappa shape index (κ3) is 4.25. The monoisotopic (exact) mass is 367 g/mol. The van der Waals surface area contributed by atoms with Crippen LogP contribution in [0.2, 0.25) is 0 Å². The van der Waals surface area contributed by atoms with Crippen LogP contribution in [0.3, 0.4) is 0 Å². The molecule has 3 aromatic rings. The molecule has 0 atom stereocenters. The Morgan fingerprint density at radius 2 is 1.93 bits per heavy atom. The number of hydrogen-bond donors (Lipinski definition) is 0. The smallest absolute Gasteiger partial charge is 0.343 e. The highest BCUT2D eigenvalue weighted by Gasteiger charge is 2.18. The standard InChI is InChI=1S/C20H21N3O4/c1-3-23-14-21-10-15(23)11-22-12-17(20(25)26-4-2)19(24)18(13-22)27-16-8-6-5-7-9-16/h5-10,12-14H,3-4,11H2,1-2H3. The minimum absolute atomic E-state index is 0.0622. The molecule has 0 saturated carbocycles. The molecule has 0 fully saturated rings. The number of benzene rings is 1. The molecule has 0 spiro atoms. The summed E-state index contributed by atoms with van der Waals surface area (Å²) in [6, 6.07) is 8.96.